The van der Waals surface area contributed by atoms with Crippen LogP contribution in [0.4, 0.5) is 11.4 Å². The van der Waals surface area contributed by atoms with E-state index in [0.717, 1.165) is 41.3 Å². The Hall–Kier alpha value is -3.32. The molecular weight excluding hydrogens is 494 g/mol. The molecule has 1 aliphatic rings. The maximum atomic E-state index is 13.0. The highest BCUT2D eigenvalue weighted by atomic mass is 32.2. The third kappa shape index (κ3) is 6.57. The predicted octanol–water partition coefficient (Wildman–Crippen LogP) is 6.00. The highest BCUT2D eigenvalue weighted by Crippen LogP contribution is 2.29. The quantitative estimate of drug-likeness (QED) is 0.386. The van der Waals surface area contributed by atoms with Gasteiger partial charge in [-0.2, -0.15) is 0 Å². The van der Waals surface area contributed by atoms with Crippen LogP contribution < -0.4 is 14.5 Å². The molecule has 3 aromatic carbocycles. The first-order valence-corrected chi connectivity index (χ1v) is 15.2. The Bertz CT molecular complexity index is 1340. The molecule has 0 radical (unpaired) electrons. The lowest BCUT2D eigenvalue weighted by Crippen LogP contribution is -2.32. The summed E-state index contributed by atoms with van der Waals surface area (Å²) in [4.78, 5) is 15.4. The highest BCUT2D eigenvalue weighted by Gasteiger charge is 2.22. The number of nitrogens with zero attached hydrogens (tertiary/aromatic N) is 2. The fraction of sp³-hybridized carbons (Fsp3) is 0.387. The largest absolute Gasteiger partial charge is 0.372 e. The molecule has 1 amide bonds. The molecular formula is C31H39N3O3S. The Morgan fingerprint density at radius 2 is 1.55 bits per heavy atom. The van der Waals surface area contributed by atoms with Crippen LogP contribution >= 0.6 is 0 Å². The van der Waals surface area contributed by atoms with Crippen LogP contribution in [0.5, 0.6) is 0 Å². The summed E-state index contributed by atoms with van der Waals surface area (Å²) in [6.45, 7) is 10.5. The lowest BCUT2D eigenvalue weighted by molar-refractivity contribution is 0.0940. The third-order valence-electron chi connectivity index (χ3n) is 7.52. The summed E-state index contributed by atoms with van der Waals surface area (Å²) in [5.74, 6) is 0.638. The van der Waals surface area contributed by atoms with Crippen molar-refractivity contribution in [2.24, 2.45) is 5.92 Å². The molecule has 1 heterocycles. The van der Waals surface area contributed by atoms with E-state index in [9.17, 15) is 13.2 Å². The number of para-hydroxylation sites is 1. The molecule has 1 saturated heterocycles. The topological polar surface area (TPSA) is 69.7 Å². The first-order valence-electron chi connectivity index (χ1n) is 13.3. The average Bonchev–Trinajstić information content (AvgIpc) is 2.88. The fourth-order valence-electron chi connectivity index (χ4n) is 5.09. The van der Waals surface area contributed by atoms with E-state index in [0.29, 0.717) is 11.3 Å². The van der Waals surface area contributed by atoms with Gasteiger partial charge in [0, 0.05) is 24.3 Å². The minimum Gasteiger partial charge on any atom is -0.372 e. The van der Waals surface area contributed by atoms with Crippen molar-refractivity contribution in [2.75, 3.05) is 28.6 Å². The van der Waals surface area contributed by atoms with Gasteiger partial charge < -0.3 is 10.2 Å². The molecule has 7 heteroatoms. The van der Waals surface area contributed by atoms with E-state index in [-0.39, 0.29) is 18.5 Å². The summed E-state index contributed by atoms with van der Waals surface area (Å²) >= 11 is 0. The number of rotatable bonds is 8. The molecule has 3 aromatic rings. The lowest BCUT2D eigenvalue weighted by atomic mass is 9.98. The standard InChI is InChI=1S/C31H39N3O3S/c1-22-17-19-33(20-18-22)29-15-13-27(14-16-29)25(4)32-31(35)28-11-9-26(10-12-28)21-34(38(5,36)37)30-23(2)7-6-8-24(30)3/h6-16,22,25H,17-21H2,1-5H3,(H,32,35). The molecule has 1 unspecified atom stereocenters. The number of nitrogens with one attached hydrogen (secondary N) is 1. The number of benzene rings is 3. The van der Waals surface area contributed by atoms with Gasteiger partial charge in [0.25, 0.3) is 5.91 Å². The van der Waals surface area contributed by atoms with Crippen molar-refractivity contribution in [3.63, 3.8) is 0 Å². The van der Waals surface area contributed by atoms with Crippen molar-refractivity contribution >= 4 is 27.3 Å². The molecule has 1 fully saturated rings. The Kier molecular flexibility index (Phi) is 8.46. The molecule has 6 nitrogen and oxygen atoms in total. The number of aryl methyl sites for hydroxylation is 2. The summed E-state index contributed by atoms with van der Waals surface area (Å²) in [7, 11) is -3.50. The smallest absolute Gasteiger partial charge is 0.251 e. The van der Waals surface area contributed by atoms with E-state index < -0.39 is 10.0 Å². The van der Waals surface area contributed by atoms with Gasteiger partial charge in [-0.1, -0.05) is 49.4 Å². The van der Waals surface area contributed by atoms with Gasteiger partial charge in [-0.3, -0.25) is 9.10 Å². The normalized spacial score (nSPS) is 15.2. The van der Waals surface area contributed by atoms with Gasteiger partial charge in [-0.05, 0) is 86.1 Å². The molecule has 202 valence electrons. The number of sulfonamides is 1. The van der Waals surface area contributed by atoms with Crippen LogP contribution in [0.25, 0.3) is 0 Å². The van der Waals surface area contributed by atoms with Gasteiger partial charge in [0.2, 0.25) is 10.0 Å². The van der Waals surface area contributed by atoms with Crippen molar-refractivity contribution in [3.05, 3.63) is 94.5 Å². The summed E-state index contributed by atoms with van der Waals surface area (Å²) in [5, 5.41) is 3.08. The first-order chi connectivity index (χ1) is 18.0. The fourth-order valence-corrected chi connectivity index (χ4v) is 6.10. The molecule has 0 bridgehead atoms. The van der Waals surface area contributed by atoms with E-state index in [1.165, 1.54) is 29.1 Å². The van der Waals surface area contributed by atoms with Crippen molar-refractivity contribution in [3.8, 4) is 0 Å². The SMILES string of the molecule is Cc1cccc(C)c1N(Cc1ccc(C(=O)NC(C)c2ccc(N3CCC(C)CC3)cc2)cc1)S(C)(=O)=O. The van der Waals surface area contributed by atoms with Crippen LogP contribution in [-0.2, 0) is 16.6 Å². The summed E-state index contributed by atoms with van der Waals surface area (Å²) in [6.07, 6.45) is 3.68. The molecule has 0 aromatic heterocycles. The molecule has 1 aliphatic heterocycles. The molecule has 38 heavy (non-hydrogen) atoms. The van der Waals surface area contributed by atoms with Crippen molar-refractivity contribution in [1.82, 2.24) is 5.32 Å². The minimum absolute atomic E-state index is 0.137. The maximum absolute atomic E-state index is 13.0. The van der Waals surface area contributed by atoms with Gasteiger partial charge in [0.05, 0.1) is 24.5 Å². The van der Waals surface area contributed by atoms with Gasteiger partial charge in [-0.25, -0.2) is 8.42 Å². The van der Waals surface area contributed by atoms with Crippen LogP contribution in [0.3, 0.4) is 0 Å². The Labute approximate surface area is 227 Å². The Morgan fingerprint density at radius 1 is 0.974 bits per heavy atom. The Balaban J connectivity index is 1.41. The first kappa shape index (κ1) is 27.7. The Morgan fingerprint density at radius 3 is 2.11 bits per heavy atom. The van der Waals surface area contributed by atoms with E-state index >= 15 is 0 Å². The molecule has 1 atom stereocenters. The lowest BCUT2D eigenvalue weighted by Gasteiger charge is -2.32. The second kappa shape index (κ2) is 11.6. The van der Waals surface area contributed by atoms with Crippen LogP contribution in [-0.4, -0.2) is 33.7 Å². The second-order valence-electron chi connectivity index (χ2n) is 10.7. The predicted molar refractivity (Wildman–Crippen MR) is 156 cm³/mol. The van der Waals surface area contributed by atoms with Crippen LogP contribution in [0, 0.1) is 19.8 Å². The second-order valence-corrected chi connectivity index (χ2v) is 12.6. The maximum Gasteiger partial charge on any atom is 0.251 e. The van der Waals surface area contributed by atoms with Crippen molar-refractivity contribution in [2.45, 2.75) is 53.1 Å². The van der Waals surface area contributed by atoms with Crippen molar-refractivity contribution in [1.29, 1.82) is 0 Å². The van der Waals surface area contributed by atoms with E-state index in [1.54, 1.807) is 12.1 Å². The summed E-state index contributed by atoms with van der Waals surface area (Å²) in [5.41, 5.74) is 6.15. The zero-order chi connectivity index (χ0) is 27.4. The van der Waals surface area contributed by atoms with Crippen LogP contribution in [0.1, 0.15) is 65.3 Å². The number of anilines is 2. The summed E-state index contributed by atoms with van der Waals surface area (Å²) < 4.78 is 26.7. The third-order valence-corrected chi connectivity index (χ3v) is 8.63. The van der Waals surface area contributed by atoms with E-state index in [4.69, 9.17) is 0 Å². The highest BCUT2D eigenvalue weighted by molar-refractivity contribution is 7.92. The number of carbonyl (C=O) groups is 1. The van der Waals surface area contributed by atoms with E-state index in [1.807, 2.05) is 51.1 Å². The molecule has 4 rings (SSSR count). The van der Waals surface area contributed by atoms with Gasteiger partial charge in [0.15, 0.2) is 0 Å². The number of piperidine rings is 1. The molecule has 0 aliphatic carbocycles. The number of hydrogen-bond donors (Lipinski definition) is 1. The van der Waals surface area contributed by atoms with Crippen molar-refractivity contribution < 1.29 is 13.2 Å². The summed E-state index contributed by atoms with van der Waals surface area (Å²) in [6, 6.07) is 21.2. The monoisotopic (exact) mass is 533 g/mol. The van der Waals surface area contributed by atoms with E-state index in [2.05, 4.69) is 41.4 Å². The van der Waals surface area contributed by atoms with Gasteiger partial charge in [0.1, 0.15) is 0 Å². The zero-order valence-electron chi connectivity index (χ0n) is 23.1. The zero-order valence-corrected chi connectivity index (χ0v) is 23.9. The van der Waals surface area contributed by atoms with Crippen LogP contribution in [0.2, 0.25) is 0 Å². The van der Waals surface area contributed by atoms with Crippen LogP contribution in [0.15, 0.2) is 66.7 Å². The van der Waals surface area contributed by atoms with Gasteiger partial charge in [-0.15, -0.1) is 0 Å². The number of carbonyl (C=O) groups excluding carboxylic acids is 1. The molecule has 0 saturated carbocycles. The molecule has 0 spiro atoms. The van der Waals surface area contributed by atoms with Gasteiger partial charge >= 0.3 is 0 Å². The average molecular weight is 534 g/mol. The molecule has 1 N–H and O–H groups in total. The number of hydrogen-bond acceptors (Lipinski definition) is 4. The minimum atomic E-state index is -3.50. The number of amides is 1.